The Hall–Kier alpha value is -2.80. The molecule has 0 bridgehead atoms. The molecular formula is C20H22N2O2. The number of amides is 1. The van der Waals surface area contributed by atoms with E-state index in [1.807, 2.05) is 31.2 Å². The van der Waals surface area contributed by atoms with E-state index >= 15 is 0 Å². The van der Waals surface area contributed by atoms with Gasteiger partial charge in [0.15, 0.2) is 6.61 Å². The molecule has 2 aromatic carbocycles. The summed E-state index contributed by atoms with van der Waals surface area (Å²) < 4.78 is 5.71. The molecule has 2 rings (SSSR count). The third-order valence-electron chi connectivity index (χ3n) is 3.70. The van der Waals surface area contributed by atoms with E-state index in [1.54, 1.807) is 18.2 Å². The molecule has 0 aliphatic carbocycles. The highest BCUT2D eigenvalue weighted by Gasteiger charge is 2.10. The zero-order chi connectivity index (χ0) is 17.5. The summed E-state index contributed by atoms with van der Waals surface area (Å²) in [5, 5.41) is 11.7. The molecule has 124 valence electrons. The molecule has 0 heterocycles. The summed E-state index contributed by atoms with van der Waals surface area (Å²) in [5.74, 6) is 0.901. The quantitative estimate of drug-likeness (QED) is 0.882. The van der Waals surface area contributed by atoms with E-state index in [4.69, 9.17) is 10.00 Å². The van der Waals surface area contributed by atoms with Crippen LogP contribution in [0.2, 0.25) is 0 Å². The van der Waals surface area contributed by atoms with Crippen molar-refractivity contribution in [1.82, 2.24) is 5.32 Å². The fraction of sp³-hybridized carbons (Fsp3) is 0.300. The van der Waals surface area contributed by atoms with Crippen molar-refractivity contribution in [1.29, 1.82) is 5.26 Å². The predicted molar refractivity (Wildman–Crippen MR) is 93.8 cm³/mol. The Kier molecular flexibility index (Phi) is 5.97. The Morgan fingerprint density at radius 2 is 2.04 bits per heavy atom. The van der Waals surface area contributed by atoms with Gasteiger partial charge in [-0.2, -0.15) is 5.26 Å². The lowest BCUT2D eigenvalue weighted by molar-refractivity contribution is -0.123. The van der Waals surface area contributed by atoms with Gasteiger partial charge in [0.1, 0.15) is 5.75 Å². The van der Waals surface area contributed by atoms with Gasteiger partial charge in [-0.1, -0.05) is 38.1 Å². The lowest BCUT2D eigenvalue weighted by Gasteiger charge is -2.15. The van der Waals surface area contributed by atoms with Gasteiger partial charge in [-0.25, -0.2) is 0 Å². The highest BCUT2D eigenvalue weighted by Crippen LogP contribution is 2.27. The van der Waals surface area contributed by atoms with E-state index in [1.165, 1.54) is 0 Å². The van der Waals surface area contributed by atoms with Gasteiger partial charge in [0.25, 0.3) is 5.91 Å². The van der Waals surface area contributed by atoms with Gasteiger partial charge in [-0.15, -0.1) is 0 Å². The van der Waals surface area contributed by atoms with Gasteiger partial charge in [0, 0.05) is 6.54 Å². The third-order valence-corrected chi connectivity index (χ3v) is 3.70. The zero-order valence-corrected chi connectivity index (χ0v) is 14.3. The second-order valence-corrected chi connectivity index (χ2v) is 6.07. The van der Waals surface area contributed by atoms with Crippen LogP contribution in [0.25, 0.3) is 0 Å². The van der Waals surface area contributed by atoms with Crippen LogP contribution in [0.3, 0.4) is 0 Å². The van der Waals surface area contributed by atoms with Crippen molar-refractivity contribution in [3.05, 3.63) is 64.7 Å². The van der Waals surface area contributed by atoms with Crippen molar-refractivity contribution in [2.45, 2.75) is 33.2 Å². The highest BCUT2D eigenvalue weighted by molar-refractivity contribution is 5.77. The number of aryl methyl sites for hydroxylation is 1. The van der Waals surface area contributed by atoms with Crippen molar-refractivity contribution in [2.75, 3.05) is 6.61 Å². The number of carbonyl (C=O) groups excluding carboxylic acids is 1. The fourth-order valence-electron chi connectivity index (χ4n) is 2.39. The van der Waals surface area contributed by atoms with Gasteiger partial charge >= 0.3 is 0 Å². The molecule has 4 heteroatoms. The van der Waals surface area contributed by atoms with E-state index in [0.29, 0.717) is 18.0 Å². The Balaban J connectivity index is 1.92. The van der Waals surface area contributed by atoms with E-state index in [0.717, 1.165) is 22.4 Å². The largest absolute Gasteiger partial charge is 0.483 e. The summed E-state index contributed by atoms with van der Waals surface area (Å²) in [6.07, 6.45) is 0. The van der Waals surface area contributed by atoms with Crippen molar-refractivity contribution in [2.24, 2.45) is 0 Å². The Labute approximate surface area is 143 Å². The highest BCUT2D eigenvalue weighted by atomic mass is 16.5. The van der Waals surface area contributed by atoms with Gasteiger partial charge in [0.05, 0.1) is 11.6 Å². The predicted octanol–water partition coefficient (Wildman–Crippen LogP) is 3.69. The molecule has 0 unspecified atom stereocenters. The first-order valence-electron chi connectivity index (χ1n) is 7.98. The fourth-order valence-corrected chi connectivity index (χ4v) is 2.39. The Morgan fingerprint density at radius 3 is 2.75 bits per heavy atom. The Bertz CT molecular complexity index is 760. The van der Waals surface area contributed by atoms with Crippen LogP contribution in [-0.2, 0) is 11.3 Å². The van der Waals surface area contributed by atoms with E-state index in [9.17, 15) is 4.79 Å². The number of rotatable bonds is 6. The van der Waals surface area contributed by atoms with Crippen molar-refractivity contribution >= 4 is 5.91 Å². The summed E-state index contributed by atoms with van der Waals surface area (Å²) in [5.41, 5.74) is 3.67. The minimum atomic E-state index is -0.187. The third kappa shape index (κ3) is 4.85. The first-order chi connectivity index (χ1) is 11.5. The standard InChI is InChI=1S/C20H22N2O2/c1-14(2)18-8-7-15(3)9-19(18)24-13-20(23)22-12-17-6-4-5-16(10-17)11-21/h4-10,14H,12-13H2,1-3H3,(H,22,23). The normalized spacial score (nSPS) is 10.3. The van der Waals surface area contributed by atoms with Crippen molar-refractivity contribution in [3.8, 4) is 11.8 Å². The van der Waals surface area contributed by atoms with Crippen LogP contribution in [0.5, 0.6) is 5.75 Å². The van der Waals surface area contributed by atoms with Crippen LogP contribution >= 0.6 is 0 Å². The average Bonchev–Trinajstić information content (AvgIpc) is 2.58. The number of nitriles is 1. The maximum Gasteiger partial charge on any atom is 0.258 e. The number of hydrogen-bond donors (Lipinski definition) is 1. The molecule has 0 aliphatic rings. The monoisotopic (exact) mass is 322 g/mol. The van der Waals surface area contributed by atoms with E-state index in [-0.39, 0.29) is 12.5 Å². The van der Waals surface area contributed by atoms with Crippen molar-refractivity contribution < 1.29 is 9.53 Å². The molecule has 0 fully saturated rings. The van der Waals surface area contributed by atoms with Crippen molar-refractivity contribution in [3.63, 3.8) is 0 Å². The van der Waals surface area contributed by atoms with Gasteiger partial charge in [-0.3, -0.25) is 4.79 Å². The first-order valence-corrected chi connectivity index (χ1v) is 7.98. The number of benzene rings is 2. The lowest BCUT2D eigenvalue weighted by Crippen LogP contribution is -2.28. The SMILES string of the molecule is Cc1ccc(C(C)C)c(OCC(=O)NCc2cccc(C#N)c2)c1. The summed E-state index contributed by atoms with van der Waals surface area (Å²) in [6.45, 7) is 6.54. The molecule has 0 atom stereocenters. The topological polar surface area (TPSA) is 62.1 Å². The van der Waals surface area contributed by atoms with Gasteiger partial charge in [0.2, 0.25) is 0 Å². The summed E-state index contributed by atoms with van der Waals surface area (Å²) in [6, 6.07) is 15.3. The molecule has 24 heavy (non-hydrogen) atoms. The van der Waals surface area contributed by atoms with Crippen LogP contribution < -0.4 is 10.1 Å². The maximum absolute atomic E-state index is 12.0. The second-order valence-electron chi connectivity index (χ2n) is 6.07. The molecule has 0 aliphatic heterocycles. The number of ether oxygens (including phenoxy) is 1. The lowest BCUT2D eigenvalue weighted by atomic mass is 10.0. The van der Waals surface area contributed by atoms with Gasteiger partial charge in [-0.05, 0) is 47.7 Å². The molecule has 0 spiro atoms. The first kappa shape index (κ1) is 17.6. The van der Waals surface area contributed by atoms with Gasteiger partial charge < -0.3 is 10.1 Å². The van der Waals surface area contributed by atoms with E-state index < -0.39 is 0 Å². The summed E-state index contributed by atoms with van der Waals surface area (Å²) in [4.78, 5) is 12.0. The van der Waals surface area contributed by atoms with Crippen LogP contribution in [0.1, 0.15) is 42.0 Å². The van der Waals surface area contributed by atoms with Crippen LogP contribution in [0.4, 0.5) is 0 Å². The molecule has 2 aromatic rings. The Morgan fingerprint density at radius 1 is 1.25 bits per heavy atom. The molecule has 0 aromatic heterocycles. The number of nitrogens with one attached hydrogen (secondary N) is 1. The van der Waals surface area contributed by atoms with Crippen LogP contribution in [0, 0.1) is 18.3 Å². The smallest absolute Gasteiger partial charge is 0.258 e. The number of hydrogen-bond acceptors (Lipinski definition) is 3. The maximum atomic E-state index is 12.0. The summed E-state index contributed by atoms with van der Waals surface area (Å²) >= 11 is 0. The second kappa shape index (κ2) is 8.16. The molecule has 4 nitrogen and oxygen atoms in total. The molecule has 0 radical (unpaired) electrons. The average molecular weight is 322 g/mol. The van der Waals surface area contributed by atoms with Crippen LogP contribution in [-0.4, -0.2) is 12.5 Å². The molecule has 0 saturated carbocycles. The molecular weight excluding hydrogens is 300 g/mol. The van der Waals surface area contributed by atoms with E-state index in [2.05, 4.69) is 25.2 Å². The number of carbonyl (C=O) groups is 1. The minimum absolute atomic E-state index is 0.0267. The molecule has 1 N–H and O–H groups in total. The number of nitrogens with zero attached hydrogens (tertiary/aromatic N) is 1. The van der Waals surface area contributed by atoms with Crippen LogP contribution in [0.15, 0.2) is 42.5 Å². The minimum Gasteiger partial charge on any atom is -0.483 e. The summed E-state index contributed by atoms with van der Waals surface area (Å²) in [7, 11) is 0. The molecule has 1 amide bonds. The zero-order valence-electron chi connectivity index (χ0n) is 14.3. The molecule has 0 saturated heterocycles.